The van der Waals surface area contributed by atoms with Gasteiger partial charge in [0.2, 0.25) is 5.91 Å². The number of hydrogen-bond acceptors (Lipinski definition) is 1. The molecular formula is C18H16BrCl2NO. The Morgan fingerprint density at radius 1 is 1.13 bits per heavy atom. The zero-order valence-corrected chi connectivity index (χ0v) is 15.6. The second kappa shape index (κ2) is 7.25. The third kappa shape index (κ3) is 3.73. The lowest BCUT2D eigenvalue weighted by Gasteiger charge is -2.22. The molecule has 2 aromatic rings. The van der Waals surface area contributed by atoms with Crippen molar-refractivity contribution in [2.45, 2.75) is 25.8 Å². The van der Waals surface area contributed by atoms with E-state index in [-0.39, 0.29) is 12.3 Å². The van der Waals surface area contributed by atoms with Crippen LogP contribution in [0.3, 0.4) is 0 Å². The smallest absolute Gasteiger partial charge is 0.227 e. The van der Waals surface area contributed by atoms with Gasteiger partial charge in [-0.1, -0.05) is 57.3 Å². The summed E-state index contributed by atoms with van der Waals surface area (Å²) in [7, 11) is 0. The molecule has 23 heavy (non-hydrogen) atoms. The van der Waals surface area contributed by atoms with Crippen LogP contribution in [-0.2, 0) is 24.2 Å². The first kappa shape index (κ1) is 16.8. The van der Waals surface area contributed by atoms with Crippen molar-refractivity contribution in [3.63, 3.8) is 0 Å². The second-order valence-electron chi connectivity index (χ2n) is 5.67. The molecule has 2 nitrogen and oxygen atoms in total. The van der Waals surface area contributed by atoms with Crippen LogP contribution in [0.4, 0.5) is 0 Å². The van der Waals surface area contributed by atoms with Gasteiger partial charge in [0.05, 0.1) is 6.42 Å². The lowest BCUT2D eigenvalue weighted by molar-refractivity contribution is -0.131. The van der Waals surface area contributed by atoms with E-state index in [1.54, 1.807) is 18.2 Å². The van der Waals surface area contributed by atoms with Crippen LogP contribution in [0.5, 0.6) is 0 Å². The van der Waals surface area contributed by atoms with E-state index in [0.29, 0.717) is 22.2 Å². The van der Waals surface area contributed by atoms with Crippen molar-refractivity contribution in [1.82, 2.24) is 4.90 Å². The molecule has 0 saturated heterocycles. The van der Waals surface area contributed by atoms with Crippen LogP contribution in [0, 0.1) is 0 Å². The Morgan fingerprint density at radius 2 is 1.83 bits per heavy atom. The van der Waals surface area contributed by atoms with E-state index in [9.17, 15) is 4.79 Å². The van der Waals surface area contributed by atoms with Crippen LogP contribution in [-0.4, -0.2) is 17.4 Å². The minimum atomic E-state index is 0.0589. The highest BCUT2D eigenvalue weighted by Crippen LogP contribution is 2.28. The van der Waals surface area contributed by atoms with E-state index < -0.39 is 0 Å². The Labute approximate surface area is 154 Å². The lowest BCUT2D eigenvalue weighted by Crippen LogP contribution is -2.32. The fourth-order valence-corrected chi connectivity index (χ4v) is 3.99. The molecule has 0 fully saturated rings. The topological polar surface area (TPSA) is 20.3 Å². The van der Waals surface area contributed by atoms with E-state index >= 15 is 0 Å². The molecule has 0 spiro atoms. The van der Waals surface area contributed by atoms with Crippen molar-refractivity contribution in [1.29, 1.82) is 0 Å². The summed E-state index contributed by atoms with van der Waals surface area (Å²) in [6.07, 6.45) is 2.19. The summed E-state index contributed by atoms with van der Waals surface area (Å²) in [5, 5.41) is 1.09. The van der Waals surface area contributed by atoms with Crippen molar-refractivity contribution in [2.75, 3.05) is 6.54 Å². The Morgan fingerprint density at radius 3 is 2.57 bits per heavy atom. The van der Waals surface area contributed by atoms with Gasteiger partial charge in [-0.05, 0) is 47.7 Å². The molecule has 1 aliphatic heterocycles. The van der Waals surface area contributed by atoms with Crippen LogP contribution in [0.25, 0.3) is 0 Å². The Bertz CT molecular complexity index is 728. The van der Waals surface area contributed by atoms with Crippen LogP contribution in [0.1, 0.15) is 23.1 Å². The third-order valence-corrected chi connectivity index (χ3v) is 5.63. The quantitative estimate of drug-likeness (QED) is 0.657. The number of carbonyl (C=O) groups excluding carboxylic acids is 1. The number of amides is 1. The normalized spacial score (nSPS) is 14.3. The molecule has 1 aliphatic rings. The Hall–Kier alpha value is -1.03. The molecule has 5 heteroatoms. The molecule has 0 unspecified atom stereocenters. The summed E-state index contributed by atoms with van der Waals surface area (Å²) in [5.41, 5.74) is 3.21. The second-order valence-corrected chi connectivity index (χ2v) is 7.34. The molecule has 0 aliphatic carbocycles. The van der Waals surface area contributed by atoms with Gasteiger partial charge >= 0.3 is 0 Å². The number of halogens is 3. The first-order valence-electron chi connectivity index (χ1n) is 7.53. The number of benzene rings is 2. The first-order valence-corrected chi connectivity index (χ1v) is 9.08. The van der Waals surface area contributed by atoms with E-state index in [0.717, 1.165) is 23.9 Å². The molecule has 0 radical (unpaired) electrons. The minimum Gasteiger partial charge on any atom is -0.338 e. The number of rotatable bonds is 2. The summed E-state index contributed by atoms with van der Waals surface area (Å²) < 4.78 is 1.06. The van der Waals surface area contributed by atoms with E-state index in [1.165, 1.54) is 11.1 Å². The van der Waals surface area contributed by atoms with Gasteiger partial charge in [0, 0.05) is 27.6 Å². The van der Waals surface area contributed by atoms with Crippen LogP contribution in [0.15, 0.2) is 40.9 Å². The average molecular weight is 413 g/mol. The van der Waals surface area contributed by atoms with E-state index in [1.807, 2.05) is 17.0 Å². The highest BCUT2D eigenvalue weighted by atomic mass is 79.9. The number of hydrogen-bond donors (Lipinski definition) is 0. The average Bonchev–Trinajstić information content (AvgIpc) is 2.74. The van der Waals surface area contributed by atoms with Crippen LogP contribution in [0.2, 0.25) is 10.0 Å². The lowest BCUT2D eigenvalue weighted by atomic mass is 10.0. The van der Waals surface area contributed by atoms with E-state index in [2.05, 4.69) is 22.0 Å². The maximum Gasteiger partial charge on any atom is 0.227 e. The predicted octanol–water partition coefficient (Wildman–Crippen LogP) is 5.27. The molecular weight excluding hydrogens is 397 g/mol. The summed E-state index contributed by atoms with van der Waals surface area (Å²) in [6.45, 7) is 1.37. The van der Waals surface area contributed by atoms with Gasteiger partial charge in [0.15, 0.2) is 0 Å². The number of aryl methyl sites for hydroxylation is 1. The van der Waals surface area contributed by atoms with Crippen molar-refractivity contribution in [2.24, 2.45) is 0 Å². The summed E-state index contributed by atoms with van der Waals surface area (Å²) in [5.74, 6) is 0.0589. The maximum absolute atomic E-state index is 12.7. The van der Waals surface area contributed by atoms with Gasteiger partial charge < -0.3 is 4.90 Å². The summed E-state index contributed by atoms with van der Waals surface area (Å²) in [6, 6.07) is 11.5. The molecule has 2 aromatic carbocycles. The summed E-state index contributed by atoms with van der Waals surface area (Å²) >= 11 is 16.0. The fourth-order valence-electron chi connectivity index (χ4n) is 2.92. The highest BCUT2D eigenvalue weighted by molar-refractivity contribution is 9.10. The Balaban J connectivity index is 1.82. The minimum absolute atomic E-state index is 0.0589. The zero-order chi connectivity index (χ0) is 16.4. The molecule has 3 rings (SSSR count). The van der Waals surface area contributed by atoms with Gasteiger partial charge in [-0.25, -0.2) is 0 Å². The van der Waals surface area contributed by atoms with Crippen molar-refractivity contribution < 1.29 is 4.79 Å². The molecule has 0 saturated carbocycles. The first-order chi connectivity index (χ1) is 11.1. The van der Waals surface area contributed by atoms with Gasteiger partial charge in [-0.15, -0.1) is 0 Å². The van der Waals surface area contributed by atoms with Crippen LogP contribution < -0.4 is 0 Å². The molecule has 1 heterocycles. The molecule has 0 atom stereocenters. The van der Waals surface area contributed by atoms with Gasteiger partial charge in [-0.2, -0.15) is 0 Å². The number of nitrogens with zero attached hydrogens (tertiary/aromatic N) is 1. The molecule has 0 aromatic heterocycles. The molecule has 1 amide bonds. The maximum atomic E-state index is 12.7. The largest absolute Gasteiger partial charge is 0.338 e. The van der Waals surface area contributed by atoms with Crippen LogP contribution >= 0.6 is 39.1 Å². The van der Waals surface area contributed by atoms with Crippen molar-refractivity contribution in [3.05, 3.63) is 67.6 Å². The standard InChI is InChI=1S/C18H16BrCl2NO/c19-15-6-1-4-12-5-3-9-22(11-14(12)15)18(23)10-13-16(20)7-2-8-17(13)21/h1-2,4,6-8H,3,5,9-11H2. The molecule has 120 valence electrons. The number of fused-ring (bicyclic) bond motifs is 1. The Kier molecular flexibility index (Phi) is 5.30. The van der Waals surface area contributed by atoms with Gasteiger partial charge in [0.25, 0.3) is 0 Å². The fraction of sp³-hybridized carbons (Fsp3) is 0.278. The SMILES string of the molecule is O=C(Cc1c(Cl)cccc1Cl)N1CCCc2cccc(Br)c2C1. The van der Waals surface area contributed by atoms with E-state index in [4.69, 9.17) is 23.2 Å². The third-order valence-electron chi connectivity index (χ3n) is 4.18. The van der Waals surface area contributed by atoms with Gasteiger partial charge in [-0.3, -0.25) is 4.79 Å². The number of carbonyl (C=O) groups is 1. The highest BCUT2D eigenvalue weighted by Gasteiger charge is 2.22. The predicted molar refractivity (Wildman–Crippen MR) is 98.0 cm³/mol. The molecule has 0 bridgehead atoms. The van der Waals surface area contributed by atoms with Crippen molar-refractivity contribution >= 4 is 45.0 Å². The van der Waals surface area contributed by atoms with Gasteiger partial charge in [0.1, 0.15) is 0 Å². The monoisotopic (exact) mass is 411 g/mol. The summed E-state index contributed by atoms with van der Waals surface area (Å²) in [4.78, 5) is 14.6. The zero-order valence-electron chi connectivity index (χ0n) is 12.5. The van der Waals surface area contributed by atoms with Crippen molar-refractivity contribution in [3.8, 4) is 0 Å². The molecule has 0 N–H and O–H groups in total.